The molecule has 2 aliphatic rings. The molecule has 2 aromatic rings. The number of aromatic nitrogens is 1. The van der Waals surface area contributed by atoms with Crippen LogP contribution in [0.5, 0.6) is 0 Å². The summed E-state index contributed by atoms with van der Waals surface area (Å²) in [4.78, 5) is 30.3. The number of carbonyl (C=O) groups excluding carboxylic acids is 1. The van der Waals surface area contributed by atoms with Gasteiger partial charge in [0.25, 0.3) is 0 Å². The SMILES string of the molecule is N[C@@H]1C(=O)N2CC(Sc3ccc(-c4ncco4)cc3)(C(=O)O)CS[C@H]12. The fraction of sp³-hybridized carbons (Fsp3) is 0.312. The molecule has 130 valence electrons. The van der Waals surface area contributed by atoms with Gasteiger partial charge in [-0.15, -0.1) is 23.5 Å². The summed E-state index contributed by atoms with van der Waals surface area (Å²) in [6, 6.07) is 6.85. The van der Waals surface area contributed by atoms with E-state index >= 15 is 0 Å². The molecule has 3 N–H and O–H groups in total. The van der Waals surface area contributed by atoms with Crippen LogP contribution in [0.15, 0.2) is 46.0 Å². The maximum atomic E-state index is 12.0. The van der Waals surface area contributed by atoms with Gasteiger partial charge in [0.15, 0.2) is 0 Å². The summed E-state index contributed by atoms with van der Waals surface area (Å²) < 4.78 is 4.17. The number of hydrogen-bond donors (Lipinski definition) is 2. The molecule has 9 heteroatoms. The molecule has 1 amide bonds. The Hall–Kier alpha value is -1.97. The van der Waals surface area contributed by atoms with Crippen molar-refractivity contribution >= 4 is 35.4 Å². The molecule has 1 unspecified atom stereocenters. The predicted octanol–water partition coefficient (Wildman–Crippen LogP) is 1.50. The van der Waals surface area contributed by atoms with Gasteiger partial charge in [0.05, 0.1) is 6.20 Å². The average molecular weight is 377 g/mol. The summed E-state index contributed by atoms with van der Waals surface area (Å²) in [7, 11) is 0. The van der Waals surface area contributed by atoms with Gasteiger partial charge in [-0.2, -0.15) is 0 Å². The number of amides is 1. The lowest BCUT2D eigenvalue weighted by atomic mass is 10.0. The molecule has 0 radical (unpaired) electrons. The van der Waals surface area contributed by atoms with Crippen LogP contribution < -0.4 is 5.73 Å². The maximum Gasteiger partial charge on any atom is 0.322 e. The summed E-state index contributed by atoms with van der Waals surface area (Å²) in [5, 5.41) is 9.70. The number of benzene rings is 1. The van der Waals surface area contributed by atoms with Crippen LogP contribution >= 0.6 is 23.5 Å². The Labute approximate surface area is 152 Å². The third-order valence-electron chi connectivity index (χ3n) is 4.33. The van der Waals surface area contributed by atoms with Crippen molar-refractivity contribution in [2.45, 2.75) is 21.1 Å². The van der Waals surface area contributed by atoms with Crippen molar-refractivity contribution in [3.05, 3.63) is 36.7 Å². The van der Waals surface area contributed by atoms with Gasteiger partial charge in [0.2, 0.25) is 11.8 Å². The Bertz CT molecular complexity index is 811. The summed E-state index contributed by atoms with van der Waals surface area (Å²) >= 11 is 2.70. The lowest BCUT2D eigenvalue weighted by Gasteiger charge is -2.52. The van der Waals surface area contributed by atoms with Crippen LogP contribution in [0.25, 0.3) is 11.5 Å². The summed E-state index contributed by atoms with van der Waals surface area (Å²) in [6.07, 6.45) is 3.07. The van der Waals surface area contributed by atoms with Crippen molar-refractivity contribution in [2.24, 2.45) is 5.73 Å². The van der Waals surface area contributed by atoms with Gasteiger partial charge >= 0.3 is 5.97 Å². The van der Waals surface area contributed by atoms with Crippen LogP contribution in [0, 0.1) is 0 Å². The molecule has 3 atom stereocenters. The average Bonchev–Trinajstić information content (AvgIpc) is 3.16. The third-order valence-corrected chi connectivity index (χ3v) is 7.41. The van der Waals surface area contributed by atoms with Crippen LogP contribution in [0.1, 0.15) is 0 Å². The molecule has 0 saturated carbocycles. The van der Waals surface area contributed by atoms with Crippen molar-refractivity contribution in [3.63, 3.8) is 0 Å². The largest absolute Gasteiger partial charge is 0.480 e. The third kappa shape index (κ3) is 2.72. The van der Waals surface area contributed by atoms with Gasteiger partial charge in [-0.05, 0) is 24.3 Å². The van der Waals surface area contributed by atoms with E-state index in [2.05, 4.69) is 4.98 Å². The van der Waals surface area contributed by atoms with Crippen molar-refractivity contribution in [1.82, 2.24) is 9.88 Å². The molecule has 1 aromatic carbocycles. The van der Waals surface area contributed by atoms with Crippen molar-refractivity contribution in [2.75, 3.05) is 12.3 Å². The first kappa shape index (κ1) is 16.5. The molecule has 25 heavy (non-hydrogen) atoms. The Kier molecular flexibility index (Phi) is 4.01. The van der Waals surface area contributed by atoms with Crippen LogP contribution in [-0.2, 0) is 9.59 Å². The zero-order valence-electron chi connectivity index (χ0n) is 13.0. The summed E-state index contributed by atoms with van der Waals surface area (Å²) in [6.45, 7) is 0.165. The molecule has 0 aliphatic carbocycles. The van der Waals surface area contributed by atoms with Gasteiger partial charge < -0.3 is 20.2 Å². The molecule has 1 aromatic heterocycles. The number of thioether (sulfide) groups is 2. The standard InChI is InChI=1S/C16H15N3O4S2/c17-11-13(20)19-7-16(15(21)22,8-24-14(11)19)25-10-3-1-9(2-4-10)12-18-5-6-23-12/h1-6,11,14H,7-8,17H2,(H,21,22)/t11-,14-,16?/m1/s1. The van der Waals surface area contributed by atoms with Crippen molar-refractivity contribution in [1.29, 1.82) is 0 Å². The molecule has 2 saturated heterocycles. The molecule has 0 spiro atoms. The molecule has 2 fully saturated rings. The van der Waals surface area contributed by atoms with E-state index < -0.39 is 16.8 Å². The maximum absolute atomic E-state index is 12.0. The van der Waals surface area contributed by atoms with Crippen molar-refractivity contribution < 1.29 is 19.1 Å². The number of hydrogen-bond acceptors (Lipinski definition) is 7. The molecule has 7 nitrogen and oxygen atoms in total. The van der Waals surface area contributed by atoms with Gasteiger partial charge in [-0.1, -0.05) is 0 Å². The van der Waals surface area contributed by atoms with Crippen LogP contribution in [0.3, 0.4) is 0 Å². The first-order valence-corrected chi connectivity index (χ1v) is 9.47. The Morgan fingerprint density at radius 3 is 2.84 bits per heavy atom. The molecule has 0 bridgehead atoms. The minimum absolute atomic E-state index is 0.104. The molecular formula is C16H15N3O4S2. The highest BCUT2D eigenvalue weighted by Crippen LogP contribution is 2.46. The van der Waals surface area contributed by atoms with E-state index in [1.54, 1.807) is 11.1 Å². The highest BCUT2D eigenvalue weighted by Gasteiger charge is 2.56. The second kappa shape index (κ2) is 6.08. The number of rotatable bonds is 4. The van der Waals surface area contributed by atoms with E-state index in [1.165, 1.54) is 29.8 Å². The van der Waals surface area contributed by atoms with Gasteiger partial charge in [-0.3, -0.25) is 9.59 Å². The van der Waals surface area contributed by atoms with Crippen molar-refractivity contribution in [3.8, 4) is 11.5 Å². The quantitative estimate of drug-likeness (QED) is 0.772. The minimum atomic E-state index is -1.08. The topological polar surface area (TPSA) is 110 Å². The lowest BCUT2D eigenvalue weighted by molar-refractivity contribution is -0.148. The zero-order valence-corrected chi connectivity index (χ0v) is 14.6. The number of aliphatic carboxylic acids is 1. The number of oxazole rings is 1. The van der Waals surface area contributed by atoms with E-state index in [0.29, 0.717) is 11.6 Å². The summed E-state index contributed by atoms with van der Waals surface area (Å²) in [5.74, 6) is -0.187. The van der Waals surface area contributed by atoms with Gasteiger partial charge in [-0.25, -0.2) is 4.98 Å². The number of β-lactam (4-membered cyclic amide) rings is 1. The first-order valence-electron chi connectivity index (χ1n) is 7.60. The first-order chi connectivity index (χ1) is 12.0. The fourth-order valence-electron chi connectivity index (χ4n) is 2.94. The van der Waals surface area contributed by atoms with Gasteiger partial charge in [0.1, 0.15) is 22.4 Å². The highest BCUT2D eigenvalue weighted by molar-refractivity contribution is 8.05. The fourth-order valence-corrected chi connectivity index (χ4v) is 5.74. The predicted molar refractivity (Wildman–Crippen MR) is 94.1 cm³/mol. The summed E-state index contributed by atoms with van der Waals surface area (Å²) in [5.41, 5.74) is 6.60. The van der Waals surface area contributed by atoms with E-state index in [0.717, 1.165) is 10.5 Å². The van der Waals surface area contributed by atoms with E-state index in [1.807, 2.05) is 24.3 Å². The zero-order chi connectivity index (χ0) is 17.6. The minimum Gasteiger partial charge on any atom is -0.480 e. The number of carboxylic acid groups (broad SMARTS) is 1. The second-order valence-electron chi connectivity index (χ2n) is 5.96. The van der Waals surface area contributed by atoms with Crippen LogP contribution in [0.4, 0.5) is 0 Å². The number of carbonyl (C=O) groups is 2. The second-order valence-corrected chi connectivity index (χ2v) is 8.52. The normalized spacial score (nSPS) is 28.4. The van der Waals surface area contributed by atoms with E-state index in [9.17, 15) is 14.7 Å². The number of fused-ring (bicyclic) bond motifs is 1. The highest BCUT2D eigenvalue weighted by atomic mass is 32.2. The van der Waals surface area contributed by atoms with Crippen LogP contribution in [0.2, 0.25) is 0 Å². The number of carboxylic acids is 1. The van der Waals surface area contributed by atoms with E-state index in [4.69, 9.17) is 10.2 Å². The molecular weight excluding hydrogens is 362 g/mol. The van der Waals surface area contributed by atoms with Crippen LogP contribution in [-0.4, -0.2) is 55.3 Å². The molecule has 4 rings (SSSR count). The van der Waals surface area contributed by atoms with E-state index in [-0.39, 0.29) is 17.8 Å². The lowest BCUT2D eigenvalue weighted by Crippen LogP contribution is -2.73. The number of nitrogens with zero attached hydrogens (tertiary/aromatic N) is 2. The monoisotopic (exact) mass is 377 g/mol. The Morgan fingerprint density at radius 1 is 1.44 bits per heavy atom. The smallest absolute Gasteiger partial charge is 0.322 e. The molecule has 2 aliphatic heterocycles. The van der Waals surface area contributed by atoms with Gasteiger partial charge in [0, 0.05) is 22.8 Å². The Morgan fingerprint density at radius 2 is 2.20 bits per heavy atom. The Balaban J connectivity index is 1.54. The number of nitrogens with two attached hydrogens (primary N) is 1. The molecule has 3 heterocycles.